The highest BCUT2D eigenvalue weighted by molar-refractivity contribution is 6.17. The second-order valence-corrected chi connectivity index (χ2v) is 4.74. The number of hydrogen-bond acceptors (Lipinski definition) is 2. The first kappa shape index (κ1) is 11.7. The molecular formula is C13H19ClN2. The average molecular weight is 239 g/mol. The second-order valence-electron chi connectivity index (χ2n) is 4.47. The van der Waals surface area contributed by atoms with Crippen LogP contribution in [0, 0.1) is 5.92 Å². The number of pyridine rings is 1. The smallest absolute Gasteiger partial charge is 0.0509 e. The van der Waals surface area contributed by atoms with Gasteiger partial charge in [0, 0.05) is 36.7 Å². The third-order valence-electron chi connectivity index (χ3n) is 3.45. The molecule has 16 heavy (non-hydrogen) atoms. The predicted molar refractivity (Wildman–Crippen MR) is 69.0 cm³/mol. The third-order valence-corrected chi connectivity index (χ3v) is 3.74. The van der Waals surface area contributed by atoms with Crippen molar-refractivity contribution in [2.75, 3.05) is 18.0 Å². The van der Waals surface area contributed by atoms with Gasteiger partial charge in [0.25, 0.3) is 0 Å². The maximum atomic E-state index is 5.95. The summed E-state index contributed by atoms with van der Waals surface area (Å²) in [6.45, 7) is 4.42. The number of halogens is 1. The Morgan fingerprint density at radius 3 is 2.88 bits per heavy atom. The van der Waals surface area contributed by atoms with E-state index in [-0.39, 0.29) is 0 Å². The van der Waals surface area contributed by atoms with E-state index in [0.29, 0.717) is 5.88 Å². The fraction of sp³-hybridized carbons (Fsp3) is 0.615. The molecule has 1 aromatic rings. The zero-order valence-electron chi connectivity index (χ0n) is 9.82. The molecule has 0 unspecified atom stereocenters. The molecule has 0 bridgehead atoms. The van der Waals surface area contributed by atoms with E-state index in [9.17, 15) is 0 Å². The normalized spacial score (nSPS) is 15.9. The van der Waals surface area contributed by atoms with Gasteiger partial charge in [-0.2, -0.15) is 0 Å². The molecule has 0 N–H and O–H groups in total. The molecule has 0 amide bonds. The molecule has 2 nitrogen and oxygen atoms in total. The zero-order chi connectivity index (χ0) is 11.4. The number of alkyl halides is 1. The fourth-order valence-electron chi connectivity index (χ4n) is 2.22. The van der Waals surface area contributed by atoms with Crippen LogP contribution in [0.15, 0.2) is 18.5 Å². The van der Waals surface area contributed by atoms with Gasteiger partial charge in [-0.25, -0.2) is 0 Å². The molecule has 0 atom stereocenters. The number of nitrogens with zero attached hydrogens (tertiary/aromatic N) is 2. The van der Waals surface area contributed by atoms with Crippen LogP contribution >= 0.6 is 11.6 Å². The summed E-state index contributed by atoms with van der Waals surface area (Å²) in [6, 6.07) is 2.08. The van der Waals surface area contributed by atoms with E-state index in [1.165, 1.54) is 31.5 Å². The summed E-state index contributed by atoms with van der Waals surface area (Å²) in [5.41, 5.74) is 2.41. The predicted octanol–water partition coefficient (Wildman–Crippen LogP) is 3.45. The summed E-state index contributed by atoms with van der Waals surface area (Å²) in [6.07, 6.45) is 7.91. The molecule has 1 aromatic heterocycles. The topological polar surface area (TPSA) is 16.1 Å². The van der Waals surface area contributed by atoms with Crippen LogP contribution in [0.25, 0.3) is 0 Å². The molecule has 0 saturated heterocycles. The summed E-state index contributed by atoms with van der Waals surface area (Å²) < 4.78 is 0. The van der Waals surface area contributed by atoms with Gasteiger partial charge in [-0.3, -0.25) is 4.98 Å². The molecule has 0 aromatic carbocycles. The lowest BCUT2D eigenvalue weighted by Crippen LogP contribution is -2.33. The molecule has 2 rings (SSSR count). The summed E-state index contributed by atoms with van der Waals surface area (Å²) in [5.74, 6) is 1.43. The van der Waals surface area contributed by atoms with Crippen molar-refractivity contribution in [2.24, 2.45) is 5.92 Å². The van der Waals surface area contributed by atoms with E-state index >= 15 is 0 Å². The van der Waals surface area contributed by atoms with Crippen LogP contribution in [0.2, 0.25) is 0 Å². The zero-order valence-corrected chi connectivity index (χ0v) is 10.6. The maximum Gasteiger partial charge on any atom is 0.0509 e. The lowest BCUT2D eigenvalue weighted by Gasteiger charge is -2.33. The highest BCUT2D eigenvalue weighted by atomic mass is 35.5. The lowest BCUT2D eigenvalue weighted by molar-refractivity contribution is 0.318. The van der Waals surface area contributed by atoms with Crippen molar-refractivity contribution in [1.29, 1.82) is 0 Å². The standard InChI is InChI=1S/C13H19ClN2/c1-2-16(10-11-4-3-5-11)13-6-7-15-9-12(13)8-14/h6-7,9,11H,2-5,8,10H2,1H3. The van der Waals surface area contributed by atoms with Crippen LogP contribution in [-0.2, 0) is 5.88 Å². The Kier molecular flexibility index (Phi) is 4.05. The Bertz CT molecular complexity index is 336. The SMILES string of the molecule is CCN(CC1CCC1)c1ccncc1CCl. The van der Waals surface area contributed by atoms with Gasteiger partial charge in [0.15, 0.2) is 0 Å². The third kappa shape index (κ3) is 2.49. The van der Waals surface area contributed by atoms with Crippen molar-refractivity contribution >= 4 is 17.3 Å². The van der Waals surface area contributed by atoms with E-state index in [1.807, 2.05) is 12.4 Å². The molecule has 1 aliphatic rings. The highest BCUT2D eigenvalue weighted by Gasteiger charge is 2.21. The summed E-state index contributed by atoms with van der Waals surface area (Å²) in [4.78, 5) is 6.57. The first-order valence-electron chi connectivity index (χ1n) is 6.09. The van der Waals surface area contributed by atoms with E-state index in [2.05, 4.69) is 22.9 Å². The van der Waals surface area contributed by atoms with Gasteiger partial charge in [0.1, 0.15) is 0 Å². The van der Waals surface area contributed by atoms with Crippen LogP contribution in [0.4, 0.5) is 5.69 Å². The molecule has 1 fully saturated rings. The molecule has 0 spiro atoms. The van der Waals surface area contributed by atoms with Gasteiger partial charge < -0.3 is 4.90 Å². The lowest BCUT2D eigenvalue weighted by atomic mass is 9.85. The van der Waals surface area contributed by atoms with Crippen LogP contribution in [-0.4, -0.2) is 18.1 Å². The van der Waals surface area contributed by atoms with Gasteiger partial charge in [-0.15, -0.1) is 11.6 Å². The largest absolute Gasteiger partial charge is 0.371 e. The molecule has 3 heteroatoms. The molecule has 0 radical (unpaired) electrons. The Morgan fingerprint density at radius 2 is 2.31 bits per heavy atom. The van der Waals surface area contributed by atoms with Crippen LogP contribution in [0.5, 0.6) is 0 Å². The van der Waals surface area contributed by atoms with Gasteiger partial charge in [0.2, 0.25) is 0 Å². The Morgan fingerprint density at radius 1 is 1.50 bits per heavy atom. The van der Waals surface area contributed by atoms with Crippen molar-refractivity contribution in [2.45, 2.75) is 32.1 Å². The van der Waals surface area contributed by atoms with E-state index < -0.39 is 0 Å². The summed E-state index contributed by atoms with van der Waals surface area (Å²) in [7, 11) is 0. The molecule has 88 valence electrons. The molecular weight excluding hydrogens is 220 g/mol. The van der Waals surface area contributed by atoms with Crippen molar-refractivity contribution in [3.8, 4) is 0 Å². The minimum Gasteiger partial charge on any atom is -0.371 e. The average Bonchev–Trinajstić information content (AvgIpc) is 2.28. The number of rotatable bonds is 5. The van der Waals surface area contributed by atoms with Crippen molar-refractivity contribution in [3.05, 3.63) is 24.0 Å². The first-order chi connectivity index (χ1) is 7.85. The van der Waals surface area contributed by atoms with Gasteiger partial charge in [-0.05, 0) is 31.7 Å². The fourth-order valence-corrected chi connectivity index (χ4v) is 2.42. The Hall–Kier alpha value is -0.760. The van der Waals surface area contributed by atoms with Crippen molar-refractivity contribution in [3.63, 3.8) is 0 Å². The maximum absolute atomic E-state index is 5.95. The summed E-state index contributed by atoms with van der Waals surface area (Å²) in [5, 5.41) is 0. The van der Waals surface area contributed by atoms with E-state index in [4.69, 9.17) is 11.6 Å². The van der Waals surface area contributed by atoms with E-state index in [0.717, 1.165) is 18.0 Å². The number of aromatic nitrogens is 1. The van der Waals surface area contributed by atoms with Gasteiger partial charge in [-0.1, -0.05) is 6.42 Å². The van der Waals surface area contributed by atoms with Crippen LogP contribution < -0.4 is 4.90 Å². The number of hydrogen-bond donors (Lipinski definition) is 0. The van der Waals surface area contributed by atoms with Gasteiger partial charge in [0.05, 0.1) is 5.88 Å². The monoisotopic (exact) mass is 238 g/mol. The summed E-state index contributed by atoms with van der Waals surface area (Å²) >= 11 is 5.95. The van der Waals surface area contributed by atoms with Crippen LogP contribution in [0.3, 0.4) is 0 Å². The van der Waals surface area contributed by atoms with Crippen molar-refractivity contribution in [1.82, 2.24) is 4.98 Å². The van der Waals surface area contributed by atoms with Crippen molar-refractivity contribution < 1.29 is 0 Å². The van der Waals surface area contributed by atoms with Gasteiger partial charge >= 0.3 is 0 Å². The minimum absolute atomic E-state index is 0.546. The molecule has 1 heterocycles. The van der Waals surface area contributed by atoms with Crippen LogP contribution in [0.1, 0.15) is 31.7 Å². The molecule has 1 aliphatic carbocycles. The molecule has 0 aliphatic heterocycles. The Balaban J connectivity index is 2.11. The first-order valence-corrected chi connectivity index (χ1v) is 6.62. The minimum atomic E-state index is 0.546. The molecule has 1 saturated carbocycles. The van der Waals surface area contributed by atoms with E-state index in [1.54, 1.807) is 0 Å². The Labute approximate surface area is 103 Å². The highest BCUT2D eigenvalue weighted by Crippen LogP contribution is 2.30. The quantitative estimate of drug-likeness (QED) is 0.731. The second kappa shape index (κ2) is 5.53. The number of anilines is 1.